The molecule has 5 heteroatoms. The van der Waals surface area contributed by atoms with Crippen LogP contribution in [0.3, 0.4) is 0 Å². The Balaban J connectivity index is 2.85. The summed E-state index contributed by atoms with van der Waals surface area (Å²) in [5.74, 6) is 4.74. The normalized spacial score (nSPS) is 8.76. The average Bonchev–Trinajstić information content (AvgIpc) is 2.30. The van der Waals surface area contributed by atoms with Crippen LogP contribution in [0.2, 0.25) is 0 Å². The van der Waals surface area contributed by atoms with Gasteiger partial charge in [-0.15, -0.1) is 0 Å². The van der Waals surface area contributed by atoms with E-state index in [4.69, 9.17) is 10.6 Å². The van der Waals surface area contributed by atoms with Gasteiger partial charge < -0.3 is 5.11 Å². The van der Waals surface area contributed by atoms with Gasteiger partial charge in [-0.05, 0) is 30.2 Å². The second-order valence-corrected chi connectivity index (χ2v) is 3.34. The first-order chi connectivity index (χ1) is 8.15. The van der Waals surface area contributed by atoms with Crippen LogP contribution in [0.5, 0.6) is 0 Å². The van der Waals surface area contributed by atoms with E-state index in [0.717, 1.165) is 5.56 Å². The van der Waals surface area contributed by atoms with Gasteiger partial charge >= 0.3 is 5.97 Å². The van der Waals surface area contributed by atoms with E-state index in [2.05, 4.69) is 21.9 Å². The van der Waals surface area contributed by atoms with Crippen molar-refractivity contribution in [1.82, 2.24) is 0 Å². The summed E-state index contributed by atoms with van der Waals surface area (Å²) in [5.41, 5.74) is 9.90. The number of hydrogen-bond acceptors (Lipinski definition) is 2. The van der Waals surface area contributed by atoms with Crippen LogP contribution < -0.4 is 0 Å². The summed E-state index contributed by atoms with van der Waals surface area (Å²) in [7, 11) is 0. The van der Waals surface area contributed by atoms with Crippen molar-refractivity contribution in [3.63, 3.8) is 0 Å². The highest BCUT2D eigenvalue weighted by Crippen LogP contribution is 2.10. The summed E-state index contributed by atoms with van der Waals surface area (Å²) in [6.07, 6.45) is 0.459. The monoisotopic (exact) mass is 229 g/mol. The van der Waals surface area contributed by atoms with Crippen molar-refractivity contribution in [3.8, 4) is 11.8 Å². The fourth-order valence-electron chi connectivity index (χ4n) is 1.20. The van der Waals surface area contributed by atoms with E-state index in [1.165, 1.54) is 6.07 Å². The van der Waals surface area contributed by atoms with Gasteiger partial charge in [-0.2, -0.15) is 0 Å². The molecule has 1 rings (SSSR count). The fraction of sp³-hybridized carbons (Fsp3) is 0.250. The van der Waals surface area contributed by atoms with Crippen LogP contribution in [-0.4, -0.2) is 17.6 Å². The molecule has 0 aliphatic heterocycles. The van der Waals surface area contributed by atoms with Crippen LogP contribution >= 0.6 is 0 Å². The van der Waals surface area contributed by atoms with Crippen LogP contribution in [0.1, 0.15) is 27.9 Å². The van der Waals surface area contributed by atoms with Crippen LogP contribution in [0, 0.1) is 18.8 Å². The zero-order valence-electron chi connectivity index (χ0n) is 9.34. The number of benzene rings is 1. The highest BCUT2D eigenvalue weighted by atomic mass is 16.4. The number of carbonyl (C=O) groups is 1. The van der Waals surface area contributed by atoms with E-state index in [1.54, 1.807) is 12.1 Å². The van der Waals surface area contributed by atoms with Crippen molar-refractivity contribution in [3.05, 3.63) is 45.3 Å². The molecule has 1 N–H and O–H groups in total. The maximum Gasteiger partial charge on any atom is 0.335 e. The van der Waals surface area contributed by atoms with Crippen molar-refractivity contribution in [1.29, 1.82) is 0 Å². The Morgan fingerprint density at radius 3 is 3.00 bits per heavy atom. The third kappa shape index (κ3) is 3.90. The summed E-state index contributed by atoms with van der Waals surface area (Å²) >= 11 is 0. The Hall–Kier alpha value is -2.44. The maximum absolute atomic E-state index is 10.8. The van der Waals surface area contributed by atoms with Crippen molar-refractivity contribution in [2.75, 3.05) is 6.54 Å². The molecule has 0 saturated carbocycles. The van der Waals surface area contributed by atoms with Crippen LogP contribution in [0.15, 0.2) is 23.3 Å². The summed E-state index contributed by atoms with van der Waals surface area (Å²) in [6, 6.07) is 4.81. The number of rotatable bonds is 3. The van der Waals surface area contributed by atoms with E-state index < -0.39 is 5.97 Å². The predicted molar refractivity (Wildman–Crippen MR) is 63.6 cm³/mol. The molecular weight excluding hydrogens is 218 g/mol. The molecule has 0 aliphatic rings. The average molecular weight is 229 g/mol. The third-order valence-electron chi connectivity index (χ3n) is 2.11. The SMILES string of the molecule is Cc1ccc(C(=O)O)cc1C#CCCN=[N+]=[N-]. The topological polar surface area (TPSA) is 86.1 Å². The molecule has 0 atom stereocenters. The Morgan fingerprint density at radius 2 is 2.35 bits per heavy atom. The molecule has 0 spiro atoms. The predicted octanol–water partition coefficient (Wildman–Crippen LogP) is 2.75. The summed E-state index contributed by atoms with van der Waals surface area (Å²) in [5, 5.41) is 12.2. The minimum atomic E-state index is -0.970. The van der Waals surface area contributed by atoms with Crippen LogP contribution in [0.25, 0.3) is 10.4 Å². The lowest BCUT2D eigenvalue weighted by Crippen LogP contribution is -1.97. The first kappa shape index (κ1) is 12.6. The minimum absolute atomic E-state index is 0.218. The Kier molecular flexibility index (Phi) is 4.61. The van der Waals surface area contributed by atoms with Gasteiger partial charge in [0, 0.05) is 23.4 Å². The number of aromatic carboxylic acids is 1. The van der Waals surface area contributed by atoms with Gasteiger partial charge in [0.2, 0.25) is 0 Å². The molecule has 0 aliphatic carbocycles. The highest BCUT2D eigenvalue weighted by molar-refractivity contribution is 5.88. The number of carboxylic acid groups (broad SMARTS) is 1. The molecule has 86 valence electrons. The number of nitrogens with zero attached hydrogens (tertiary/aromatic N) is 3. The first-order valence-corrected chi connectivity index (χ1v) is 4.99. The van der Waals surface area contributed by atoms with Gasteiger partial charge in [0.25, 0.3) is 0 Å². The van der Waals surface area contributed by atoms with Crippen molar-refractivity contribution < 1.29 is 9.90 Å². The summed E-state index contributed by atoms with van der Waals surface area (Å²) in [4.78, 5) is 13.4. The van der Waals surface area contributed by atoms with Crippen molar-refractivity contribution in [2.24, 2.45) is 5.11 Å². The maximum atomic E-state index is 10.8. The van der Waals surface area contributed by atoms with Crippen LogP contribution in [-0.2, 0) is 0 Å². The standard InChI is InChI=1S/C12H11N3O2/c1-9-5-6-11(12(16)17)8-10(9)4-2-3-7-14-15-13/h5-6,8H,3,7H2,1H3,(H,16,17). The van der Waals surface area contributed by atoms with E-state index >= 15 is 0 Å². The second kappa shape index (κ2) is 6.21. The van der Waals surface area contributed by atoms with Crippen molar-refractivity contribution >= 4 is 5.97 Å². The molecule has 0 saturated heterocycles. The quantitative estimate of drug-likeness (QED) is 0.284. The molecule has 1 aromatic carbocycles. The third-order valence-corrected chi connectivity index (χ3v) is 2.11. The molecule has 0 fully saturated rings. The van der Waals surface area contributed by atoms with E-state index in [1.807, 2.05) is 6.92 Å². The Bertz CT molecular complexity index is 534. The smallest absolute Gasteiger partial charge is 0.335 e. The highest BCUT2D eigenvalue weighted by Gasteiger charge is 2.03. The molecule has 17 heavy (non-hydrogen) atoms. The minimum Gasteiger partial charge on any atom is -0.478 e. The molecular formula is C12H11N3O2. The summed E-state index contributed by atoms with van der Waals surface area (Å²) < 4.78 is 0. The van der Waals surface area contributed by atoms with Gasteiger partial charge in [-0.25, -0.2) is 4.79 Å². The number of hydrogen-bond donors (Lipinski definition) is 1. The molecule has 0 heterocycles. The van der Waals surface area contributed by atoms with E-state index in [0.29, 0.717) is 18.5 Å². The zero-order valence-corrected chi connectivity index (χ0v) is 9.34. The molecule has 0 radical (unpaired) electrons. The molecule has 0 unspecified atom stereocenters. The van der Waals surface area contributed by atoms with Gasteiger partial charge in [-0.3, -0.25) is 0 Å². The van der Waals surface area contributed by atoms with Gasteiger partial charge in [0.1, 0.15) is 0 Å². The Labute approximate surface area is 98.7 Å². The lowest BCUT2D eigenvalue weighted by molar-refractivity contribution is 0.0697. The van der Waals surface area contributed by atoms with Gasteiger partial charge in [0.05, 0.1) is 5.56 Å². The van der Waals surface area contributed by atoms with Gasteiger partial charge in [-0.1, -0.05) is 23.0 Å². The fourth-order valence-corrected chi connectivity index (χ4v) is 1.20. The first-order valence-electron chi connectivity index (χ1n) is 4.99. The molecule has 5 nitrogen and oxygen atoms in total. The van der Waals surface area contributed by atoms with Crippen LogP contribution in [0.4, 0.5) is 0 Å². The Morgan fingerprint density at radius 1 is 1.59 bits per heavy atom. The number of carboxylic acids is 1. The lowest BCUT2D eigenvalue weighted by atomic mass is 10.1. The van der Waals surface area contributed by atoms with E-state index in [9.17, 15) is 4.79 Å². The molecule has 0 bridgehead atoms. The molecule has 1 aromatic rings. The number of aryl methyl sites for hydroxylation is 1. The second-order valence-electron chi connectivity index (χ2n) is 3.34. The van der Waals surface area contributed by atoms with E-state index in [-0.39, 0.29) is 5.56 Å². The number of azide groups is 1. The summed E-state index contributed by atoms with van der Waals surface area (Å²) in [6.45, 7) is 2.18. The zero-order chi connectivity index (χ0) is 12.7. The molecule has 0 amide bonds. The van der Waals surface area contributed by atoms with Crippen molar-refractivity contribution in [2.45, 2.75) is 13.3 Å². The van der Waals surface area contributed by atoms with Gasteiger partial charge in [0.15, 0.2) is 0 Å². The largest absolute Gasteiger partial charge is 0.478 e. The molecule has 0 aromatic heterocycles. The lowest BCUT2D eigenvalue weighted by Gasteiger charge is -1.99.